The molecular formula is C16H22N2O5S2. The Morgan fingerprint density at radius 2 is 2.04 bits per heavy atom. The molecule has 3 atom stereocenters. The largest absolute Gasteiger partial charge is 0.481 e. The molecule has 1 N–H and O–H groups in total. The number of likely N-dealkylation sites (tertiary alicyclic amines) is 1. The normalized spacial score (nSPS) is 28.2. The predicted molar refractivity (Wildman–Crippen MR) is 92.7 cm³/mol. The maximum Gasteiger partial charge on any atom is 0.306 e. The lowest BCUT2D eigenvalue weighted by atomic mass is 9.87. The Kier molecular flexibility index (Phi) is 5.17. The van der Waals surface area contributed by atoms with Gasteiger partial charge in [0.25, 0.3) is 10.0 Å². The van der Waals surface area contributed by atoms with Gasteiger partial charge in [-0.25, -0.2) is 8.42 Å². The number of carboxylic acids is 1. The Labute approximate surface area is 151 Å². The highest BCUT2D eigenvalue weighted by molar-refractivity contribution is 7.91. The van der Waals surface area contributed by atoms with Crippen molar-refractivity contribution in [2.45, 2.75) is 36.4 Å². The zero-order valence-corrected chi connectivity index (χ0v) is 15.6. The molecule has 1 aromatic heterocycles. The monoisotopic (exact) mass is 386 g/mol. The molecule has 2 aliphatic rings. The van der Waals surface area contributed by atoms with E-state index in [4.69, 9.17) is 0 Å². The van der Waals surface area contributed by atoms with Crippen LogP contribution in [0.1, 0.15) is 26.2 Å². The second-order valence-electron chi connectivity index (χ2n) is 6.70. The van der Waals surface area contributed by atoms with Crippen molar-refractivity contribution >= 4 is 33.2 Å². The summed E-state index contributed by atoms with van der Waals surface area (Å²) < 4.78 is 27.1. The molecule has 0 bridgehead atoms. The van der Waals surface area contributed by atoms with Gasteiger partial charge in [-0.15, -0.1) is 11.3 Å². The predicted octanol–water partition coefficient (Wildman–Crippen LogP) is 1.47. The van der Waals surface area contributed by atoms with E-state index in [0.717, 1.165) is 11.3 Å². The second-order valence-corrected chi connectivity index (χ2v) is 9.77. The third kappa shape index (κ3) is 3.45. The number of carboxylic acid groups (broad SMARTS) is 1. The summed E-state index contributed by atoms with van der Waals surface area (Å²) in [6.07, 6.45) is 1.57. The number of piperidine rings is 1. The molecule has 3 rings (SSSR count). The molecular weight excluding hydrogens is 364 g/mol. The van der Waals surface area contributed by atoms with Crippen molar-refractivity contribution in [1.29, 1.82) is 0 Å². The number of rotatable bonds is 4. The zero-order valence-electron chi connectivity index (χ0n) is 14.0. The molecule has 3 unspecified atom stereocenters. The van der Waals surface area contributed by atoms with Gasteiger partial charge in [-0.2, -0.15) is 4.31 Å². The number of thiophene rings is 1. The highest BCUT2D eigenvalue weighted by atomic mass is 32.2. The van der Waals surface area contributed by atoms with E-state index in [1.165, 1.54) is 4.31 Å². The van der Waals surface area contributed by atoms with Crippen molar-refractivity contribution in [1.82, 2.24) is 9.21 Å². The van der Waals surface area contributed by atoms with E-state index < -0.39 is 28.0 Å². The average molecular weight is 386 g/mol. The molecule has 9 heteroatoms. The Hall–Kier alpha value is -1.45. The van der Waals surface area contributed by atoms with E-state index in [-0.39, 0.29) is 16.0 Å². The average Bonchev–Trinajstić information content (AvgIpc) is 3.25. The maximum atomic E-state index is 12.9. The van der Waals surface area contributed by atoms with Crippen molar-refractivity contribution in [3.05, 3.63) is 17.5 Å². The number of carbonyl (C=O) groups is 2. The first-order valence-corrected chi connectivity index (χ1v) is 10.7. The summed E-state index contributed by atoms with van der Waals surface area (Å²) in [5.74, 6) is -1.62. The van der Waals surface area contributed by atoms with Crippen LogP contribution in [0.15, 0.2) is 21.7 Å². The number of nitrogens with zero attached hydrogens (tertiary/aromatic N) is 2. The van der Waals surface area contributed by atoms with E-state index in [1.807, 2.05) is 6.92 Å². The zero-order chi connectivity index (χ0) is 18.2. The number of amides is 1. The van der Waals surface area contributed by atoms with Crippen molar-refractivity contribution in [2.24, 2.45) is 11.8 Å². The number of sulfonamides is 1. The lowest BCUT2D eigenvalue weighted by Crippen LogP contribution is -2.52. The number of hydrogen-bond donors (Lipinski definition) is 1. The molecule has 138 valence electrons. The van der Waals surface area contributed by atoms with Crippen LogP contribution < -0.4 is 0 Å². The fourth-order valence-electron chi connectivity index (χ4n) is 3.72. The summed E-state index contributed by atoms with van der Waals surface area (Å²) in [5, 5.41) is 10.9. The van der Waals surface area contributed by atoms with Gasteiger partial charge in [0.1, 0.15) is 10.3 Å². The van der Waals surface area contributed by atoms with Gasteiger partial charge in [-0.3, -0.25) is 9.59 Å². The Bertz CT molecular complexity index is 747. The van der Waals surface area contributed by atoms with E-state index in [0.29, 0.717) is 38.9 Å². The van der Waals surface area contributed by atoms with Gasteiger partial charge in [0.15, 0.2) is 0 Å². The minimum atomic E-state index is -3.66. The van der Waals surface area contributed by atoms with E-state index in [1.54, 1.807) is 22.4 Å². The molecule has 1 amide bonds. The molecule has 0 saturated carbocycles. The maximum absolute atomic E-state index is 12.9. The molecule has 1 aromatic rings. The molecule has 2 saturated heterocycles. The first-order chi connectivity index (χ1) is 11.8. The SMILES string of the molecule is CC1CN(C(=O)C2CCCN2S(=O)(=O)c2cccs2)CCC1C(=O)O. The standard InChI is InChI=1S/C16H22N2O5S2/c1-11-10-17(8-6-12(11)16(20)21)15(19)13-4-2-7-18(13)25(22,23)14-5-3-9-24-14/h3,5,9,11-13H,2,4,6-8,10H2,1H3,(H,20,21). The third-order valence-corrected chi connectivity index (χ3v) is 8.36. The van der Waals surface area contributed by atoms with Crippen LogP contribution in [0, 0.1) is 11.8 Å². The van der Waals surface area contributed by atoms with Crippen molar-refractivity contribution in [3.63, 3.8) is 0 Å². The van der Waals surface area contributed by atoms with Crippen LogP contribution in [0.3, 0.4) is 0 Å². The molecule has 0 aromatic carbocycles. The fourth-order valence-corrected chi connectivity index (χ4v) is 6.49. The quantitative estimate of drug-likeness (QED) is 0.845. The van der Waals surface area contributed by atoms with Gasteiger partial charge in [-0.1, -0.05) is 13.0 Å². The highest BCUT2D eigenvalue weighted by Gasteiger charge is 2.43. The van der Waals surface area contributed by atoms with Gasteiger partial charge < -0.3 is 10.0 Å². The molecule has 0 aliphatic carbocycles. The van der Waals surface area contributed by atoms with Crippen LogP contribution >= 0.6 is 11.3 Å². The van der Waals surface area contributed by atoms with Gasteiger partial charge in [0.2, 0.25) is 5.91 Å². The molecule has 3 heterocycles. The first kappa shape index (κ1) is 18.3. The second kappa shape index (κ2) is 7.05. The molecule has 2 fully saturated rings. The van der Waals surface area contributed by atoms with Gasteiger partial charge in [0, 0.05) is 19.6 Å². The fraction of sp³-hybridized carbons (Fsp3) is 0.625. The van der Waals surface area contributed by atoms with Crippen LogP contribution in [-0.2, 0) is 19.6 Å². The summed E-state index contributed by atoms with van der Waals surface area (Å²) in [5.41, 5.74) is 0. The first-order valence-electron chi connectivity index (χ1n) is 8.39. The van der Waals surface area contributed by atoms with Crippen LogP contribution in [0.5, 0.6) is 0 Å². The molecule has 7 nitrogen and oxygen atoms in total. The Morgan fingerprint density at radius 1 is 1.28 bits per heavy atom. The van der Waals surface area contributed by atoms with Gasteiger partial charge in [-0.05, 0) is 36.6 Å². The van der Waals surface area contributed by atoms with Crippen LogP contribution in [0.2, 0.25) is 0 Å². The van der Waals surface area contributed by atoms with Crippen molar-refractivity contribution < 1.29 is 23.1 Å². The Morgan fingerprint density at radius 3 is 2.64 bits per heavy atom. The summed E-state index contributed by atoms with van der Waals surface area (Å²) >= 11 is 1.15. The number of aliphatic carboxylic acids is 1. The molecule has 2 aliphatic heterocycles. The number of hydrogen-bond acceptors (Lipinski definition) is 5. The van der Waals surface area contributed by atoms with Gasteiger partial charge in [0.05, 0.1) is 5.92 Å². The smallest absolute Gasteiger partial charge is 0.306 e. The van der Waals surface area contributed by atoms with Crippen molar-refractivity contribution in [3.8, 4) is 0 Å². The highest BCUT2D eigenvalue weighted by Crippen LogP contribution is 2.31. The summed E-state index contributed by atoms with van der Waals surface area (Å²) in [4.78, 5) is 25.8. The summed E-state index contributed by atoms with van der Waals surface area (Å²) in [6.45, 7) is 2.90. The molecule has 0 radical (unpaired) electrons. The lowest BCUT2D eigenvalue weighted by Gasteiger charge is -2.37. The number of carbonyl (C=O) groups excluding carboxylic acids is 1. The minimum Gasteiger partial charge on any atom is -0.481 e. The van der Waals surface area contributed by atoms with E-state index >= 15 is 0 Å². The minimum absolute atomic E-state index is 0.140. The summed E-state index contributed by atoms with van der Waals surface area (Å²) in [6, 6.07) is 2.56. The van der Waals surface area contributed by atoms with Crippen LogP contribution in [0.4, 0.5) is 0 Å². The molecule has 0 spiro atoms. The lowest BCUT2D eigenvalue weighted by molar-refractivity contribution is -0.149. The van der Waals surface area contributed by atoms with Crippen LogP contribution in [-0.4, -0.2) is 60.3 Å². The van der Waals surface area contributed by atoms with Gasteiger partial charge >= 0.3 is 5.97 Å². The summed E-state index contributed by atoms with van der Waals surface area (Å²) in [7, 11) is -3.66. The topological polar surface area (TPSA) is 95.0 Å². The van der Waals surface area contributed by atoms with Crippen molar-refractivity contribution in [2.75, 3.05) is 19.6 Å². The molecule has 25 heavy (non-hydrogen) atoms. The van der Waals surface area contributed by atoms with E-state index in [9.17, 15) is 23.1 Å². The Balaban J connectivity index is 1.75. The van der Waals surface area contributed by atoms with E-state index in [2.05, 4.69) is 0 Å². The van der Waals surface area contributed by atoms with Crippen LogP contribution in [0.25, 0.3) is 0 Å². The third-order valence-electron chi connectivity index (χ3n) is 5.08.